The number of nitrogens with one attached hydrogen (secondary N) is 2. The molecule has 158 valence electrons. The van der Waals surface area contributed by atoms with Crippen molar-refractivity contribution in [2.24, 2.45) is 5.92 Å². The normalized spacial score (nSPS) is 22.3. The quantitative estimate of drug-likeness (QED) is 0.806. The van der Waals surface area contributed by atoms with Crippen molar-refractivity contribution >= 4 is 16.9 Å². The summed E-state index contributed by atoms with van der Waals surface area (Å²) < 4.78 is 5.53. The number of fused-ring (bicyclic) bond motifs is 3. The minimum absolute atomic E-state index is 0.0348. The molecule has 1 fully saturated rings. The zero-order valence-electron chi connectivity index (χ0n) is 18.0. The predicted octanol–water partition coefficient (Wildman–Crippen LogP) is 3.75. The number of nitrogens with zero attached hydrogens (tertiary/aromatic N) is 2. The number of carbonyl (C=O) groups excluding carboxylic acids is 1. The number of hydrogen-bond donors (Lipinski definition) is 2. The second kappa shape index (κ2) is 8.66. The monoisotopic (exact) mass is 398 g/mol. The third-order valence-corrected chi connectivity index (χ3v) is 6.71. The molecule has 1 saturated carbocycles. The Hall–Kier alpha value is -2.21. The number of aromatic nitrogens is 1. The van der Waals surface area contributed by atoms with Gasteiger partial charge in [-0.25, -0.2) is 4.79 Å². The average Bonchev–Trinajstić information content (AvgIpc) is 3.11. The number of amides is 2. The van der Waals surface area contributed by atoms with Crippen LogP contribution in [0.5, 0.6) is 5.75 Å². The summed E-state index contributed by atoms with van der Waals surface area (Å²) in [5, 5.41) is 4.46. The molecule has 1 aliphatic heterocycles. The first-order valence-electron chi connectivity index (χ1n) is 10.9. The molecule has 1 aromatic heterocycles. The van der Waals surface area contributed by atoms with Gasteiger partial charge in [-0.05, 0) is 62.6 Å². The van der Waals surface area contributed by atoms with Crippen molar-refractivity contribution in [1.29, 1.82) is 0 Å². The Morgan fingerprint density at radius 3 is 2.79 bits per heavy atom. The van der Waals surface area contributed by atoms with Crippen LogP contribution in [0.4, 0.5) is 4.79 Å². The summed E-state index contributed by atoms with van der Waals surface area (Å²) in [5.41, 5.74) is 3.96. The smallest absolute Gasteiger partial charge is 0.317 e. The number of methoxy groups -OCH3 is 1. The summed E-state index contributed by atoms with van der Waals surface area (Å²) in [7, 11) is 5.34. The van der Waals surface area contributed by atoms with Gasteiger partial charge in [0.15, 0.2) is 0 Å². The molecule has 2 amide bonds. The lowest BCUT2D eigenvalue weighted by molar-refractivity contribution is 0.192. The van der Waals surface area contributed by atoms with E-state index in [0.717, 1.165) is 56.1 Å². The number of para-hydroxylation sites is 1. The van der Waals surface area contributed by atoms with Crippen LogP contribution in [0.25, 0.3) is 10.9 Å². The maximum atomic E-state index is 11.8. The Morgan fingerprint density at radius 1 is 1.28 bits per heavy atom. The maximum absolute atomic E-state index is 11.8. The Labute approximate surface area is 173 Å². The summed E-state index contributed by atoms with van der Waals surface area (Å²) in [6.45, 7) is 3.29. The second-order valence-electron chi connectivity index (χ2n) is 8.84. The third kappa shape index (κ3) is 4.37. The van der Waals surface area contributed by atoms with Crippen LogP contribution in [0.1, 0.15) is 43.4 Å². The highest BCUT2D eigenvalue weighted by Gasteiger charge is 2.25. The number of ether oxygens (including phenoxy) is 1. The fraction of sp³-hybridized carbons (Fsp3) is 0.609. The van der Waals surface area contributed by atoms with Crippen LogP contribution < -0.4 is 10.1 Å². The Morgan fingerprint density at radius 2 is 2.07 bits per heavy atom. The van der Waals surface area contributed by atoms with Crippen molar-refractivity contribution in [3.05, 3.63) is 29.5 Å². The van der Waals surface area contributed by atoms with Gasteiger partial charge in [0, 0.05) is 44.3 Å². The number of hydrogen-bond acceptors (Lipinski definition) is 3. The molecule has 2 aliphatic rings. The van der Waals surface area contributed by atoms with E-state index in [1.807, 2.05) is 6.07 Å². The molecular formula is C23H34N4O2. The molecule has 0 radical (unpaired) electrons. The van der Waals surface area contributed by atoms with Crippen LogP contribution in [0.15, 0.2) is 18.2 Å². The van der Waals surface area contributed by atoms with Crippen molar-refractivity contribution in [3.8, 4) is 5.75 Å². The number of H-pyrrole nitrogens is 1. The number of urea groups is 1. The molecule has 0 unspecified atom stereocenters. The highest BCUT2D eigenvalue weighted by Crippen LogP contribution is 2.33. The van der Waals surface area contributed by atoms with Gasteiger partial charge < -0.3 is 19.9 Å². The van der Waals surface area contributed by atoms with Crippen LogP contribution in [-0.2, 0) is 13.0 Å². The van der Waals surface area contributed by atoms with Crippen LogP contribution in [0.2, 0.25) is 0 Å². The Kier molecular flexibility index (Phi) is 5.99. The fourth-order valence-corrected chi connectivity index (χ4v) is 4.92. The van der Waals surface area contributed by atoms with E-state index < -0.39 is 0 Å². The van der Waals surface area contributed by atoms with Gasteiger partial charge in [-0.2, -0.15) is 0 Å². The molecule has 4 rings (SSSR count). The van der Waals surface area contributed by atoms with Gasteiger partial charge >= 0.3 is 6.03 Å². The minimum atomic E-state index is 0.0348. The SMILES string of the molecule is COc1cccc2c3c([nH]c12)CN(CCC1CCC(NC(=O)N(C)C)CC1)CC3. The van der Waals surface area contributed by atoms with Crippen molar-refractivity contribution in [3.63, 3.8) is 0 Å². The summed E-state index contributed by atoms with van der Waals surface area (Å²) in [5.74, 6) is 1.72. The van der Waals surface area contributed by atoms with E-state index in [1.165, 1.54) is 35.9 Å². The highest BCUT2D eigenvalue weighted by molar-refractivity contribution is 5.89. The molecule has 1 aromatic carbocycles. The van der Waals surface area contributed by atoms with Crippen LogP contribution >= 0.6 is 0 Å². The molecule has 1 aliphatic carbocycles. The molecule has 0 saturated heterocycles. The van der Waals surface area contributed by atoms with Gasteiger partial charge in [-0.1, -0.05) is 12.1 Å². The number of aromatic amines is 1. The van der Waals surface area contributed by atoms with Crippen molar-refractivity contribution in [2.75, 3.05) is 34.3 Å². The van der Waals surface area contributed by atoms with E-state index in [2.05, 4.69) is 27.3 Å². The van der Waals surface area contributed by atoms with Gasteiger partial charge in [-0.15, -0.1) is 0 Å². The minimum Gasteiger partial charge on any atom is -0.495 e. The van der Waals surface area contributed by atoms with E-state index in [4.69, 9.17) is 4.74 Å². The van der Waals surface area contributed by atoms with Crippen LogP contribution in [0.3, 0.4) is 0 Å². The number of rotatable bonds is 5. The van der Waals surface area contributed by atoms with Crippen LogP contribution in [0, 0.1) is 5.92 Å². The fourth-order valence-electron chi connectivity index (χ4n) is 4.92. The standard InChI is InChI=1S/C23H34N4O2/c1-26(2)23(28)24-17-9-7-16(8-10-17)11-13-27-14-12-18-19-5-4-6-21(29-3)22(19)25-20(18)15-27/h4-6,16-17,25H,7-15H2,1-3H3,(H,24,28). The molecule has 6 nitrogen and oxygen atoms in total. The summed E-state index contributed by atoms with van der Waals surface area (Å²) in [4.78, 5) is 19.7. The van der Waals surface area contributed by atoms with Gasteiger partial charge in [0.05, 0.1) is 12.6 Å². The van der Waals surface area contributed by atoms with Gasteiger partial charge in [0.25, 0.3) is 0 Å². The lowest BCUT2D eigenvalue weighted by atomic mass is 9.84. The molecule has 6 heteroatoms. The summed E-state index contributed by atoms with van der Waals surface area (Å²) in [6.07, 6.45) is 7.02. The zero-order valence-corrected chi connectivity index (χ0v) is 18.0. The van der Waals surface area contributed by atoms with E-state index in [0.29, 0.717) is 6.04 Å². The molecule has 0 bridgehead atoms. The largest absolute Gasteiger partial charge is 0.495 e. The second-order valence-corrected chi connectivity index (χ2v) is 8.84. The molecular weight excluding hydrogens is 364 g/mol. The first-order chi connectivity index (χ1) is 14.0. The van der Waals surface area contributed by atoms with E-state index >= 15 is 0 Å². The molecule has 2 heterocycles. The molecule has 2 N–H and O–H groups in total. The van der Waals surface area contributed by atoms with Crippen molar-refractivity contribution in [1.82, 2.24) is 20.1 Å². The van der Waals surface area contributed by atoms with Gasteiger partial charge in [0.1, 0.15) is 5.75 Å². The first-order valence-corrected chi connectivity index (χ1v) is 10.9. The van der Waals surface area contributed by atoms with Gasteiger partial charge in [-0.3, -0.25) is 4.90 Å². The van der Waals surface area contributed by atoms with Crippen molar-refractivity contribution in [2.45, 2.75) is 51.1 Å². The summed E-state index contributed by atoms with van der Waals surface area (Å²) in [6, 6.07) is 6.70. The Bertz CT molecular complexity index is 852. The maximum Gasteiger partial charge on any atom is 0.317 e. The van der Waals surface area contributed by atoms with Crippen molar-refractivity contribution < 1.29 is 9.53 Å². The van der Waals surface area contributed by atoms with E-state index in [-0.39, 0.29) is 6.03 Å². The first kappa shape index (κ1) is 20.1. The summed E-state index contributed by atoms with van der Waals surface area (Å²) >= 11 is 0. The lowest BCUT2D eigenvalue weighted by Crippen LogP contribution is -2.43. The topological polar surface area (TPSA) is 60.6 Å². The zero-order chi connectivity index (χ0) is 20.4. The predicted molar refractivity (Wildman–Crippen MR) is 116 cm³/mol. The third-order valence-electron chi connectivity index (χ3n) is 6.71. The molecule has 0 spiro atoms. The van der Waals surface area contributed by atoms with E-state index in [1.54, 1.807) is 26.1 Å². The van der Waals surface area contributed by atoms with Gasteiger partial charge in [0.2, 0.25) is 0 Å². The number of benzene rings is 1. The molecule has 0 atom stereocenters. The molecule has 2 aromatic rings. The highest BCUT2D eigenvalue weighted by atomic mass is 16.5. The molecule has 29 heavy (non-hydrogen) atoms. The average molecular weight is 399 g/mol. The number of carbonyl (C=O) groups is 1. The van der Waals surface area contributed by atoms with E-state index in [9.17, 15) is 4.79 Å². The van der Waals surface area contributed by atoms with Crippen LogP contribution in [-0.4, -0.2) is 61.2 Å². The lowest BCUT2D eigenvalue weighted by Gasteiger charge is -2.32. The Balaban J connectivity index is 1.28.